The number of methoxy groups -OCH3 is 1. The number of nitrogens with two attached hydrogens (primary N) is 1. The lowest BCUT2D eigenvalue weighted by atomic mass is 9.99. The van der Waals surface area contributed by atoms with Gasteiger partial charge in [0.1, 0.15) is 5.75 Å². The van der Waals surface area contributed by atoms with Crippen LogP contribution in [0.4, 0.5) is 8.78 Å². The highest BCUT2D eigenvalue weighted by Gasteiger charge is 2.13. The summed E-state index contributed by atoms with van der Waals surface area (Å²) < 4.78 is 31.1. The third kappa shape index (κ3) is 3.26. The smallest absolute Gasteiger partial charge is 0.159 e. The van der Waals surface area contributed by atoms with E-state index >= 15 is 0 Å². The molecule has 0 fully saturated rings. The lowest BCUT2D eigenvalue weighted by Crippen LogP contribution is -2.14. The Labute approximate surface area is 121 Å². The van der Waals surface area contributed by atoms with E-state index in [-0.39, 0.29) is 0 Å². The van der Waals surface area contributed by atoms with Gasteiger partial charge < -0.3 is 10.5 Å². The lowest BCUT2D eigenvalue weighted by Gasteiger charge is -2.15. The second-order valence-corrected chi connectivity index (χ2v) is 4.85. The normalized spacial score (nSPS) is 12.2. The Morgan fingerprint density at radius 2 is 1.90 bits per heavy atom. The van der Waals surface area contributed by atoms with Gasteiger partial charge in [-0.3, -0.25) is 0 Å². The molecule has 0 amide bonds. The molecule has 1 atom stereocenters. The summed E-state index contributed by atoms with van der Waals surface area (Å²) in [5, 5.41) is 0.486. The molecule has 2 rings (SSSR count). The van der Waals surface area contributed by atoms with E-state index in [1.54, 1.807) is 25.3 Å². The Morgan fingerprint density at radius 1 is 1.15 bits per heavy atom. The first-order chi connectivity index (χ1) is 9.51. The summed E-state index contributed by atoms with van der Waals surface area (Å²) in [7, 11) is 1.55. The molecule has 0 saturated carbocycles. The first-order valence-corrected chi connectivity index (χ1v) is 6.42. The minimum Gasteiger partial charge on any atom is -0.497 e. The summed E-state index contributed by atoms with van der Waals surface area (Å²) in [6.45, 7) is 0. The predicted molar refractivity (Wildman–Crippen MR) is 75.0 cm³/mol. The average molecular weight is 298 g/mol. The van der Waals surface area contributed by atoms with Crippen molar-refractivity contribution in [2.45, 2.75) is 12.5 Å². The third-order valence-corrected chi connectivity index (χ3v) is 3.37. The van der Waals surface area contributed by atoms with Crippen LogP contribution in [0.15, 0.2) is 36.4 Å². The predicted octanol–water partition coefficient (Wildman–Crippen LogP) is 3.87. The van der Waals surface area contributed by atoms with Crippen LogP contribution in [-0.4, -0.2) is 7.11 Å². The van der Waals surface area contributed by atoms with Gasteiger partial charge in [-0.2, -0.15) is 0 Å². The second-order valence-electron chi connectivity index (χ2n) is 4.45. The molecule has 0 aliphatic rings. The molecular formula is C15H14ClF2NO. The minimum atomic E-state index is -0.879. The summed E-state index contributed by atoms with van der Waals surface area (Å²) in [4.78, 5) is 0. The van der Waals surface area contributed by atoms with Crippen molar-refractivity contribution >= 4 is 11.6 Å². The van der Waals surface area contributed by atoms with Crippen LogP contribution in [0.25, 0.3) is 0 Å². The number of hydrogen-bond acceptors (Lipinski definition) is 2. The second kappa shape index (κ2) is 6.20. The zero-order chi connectivity index (χ0) is 14.7. The van der Waals surface area contributed by atoms with Gasteiger partial charge in [0.15, 0.2) is 11.6 Å². The fourth-order valence-corrected chi connectivity index (χ4v) is 2.28. The van der Waals surface area contributed by atoms with Crippen molar-refractivity contribution < 1.29 is 13.5 Å². The van der Waals surface area contributed by atoms with Crippen LogP contribution in [-0.2, 0) is 6.42 Å². The zero-order valence-electron chi connectivity index (χ0n) is 10.9. The molecule has 2 aromatic carbocycles. The SMILES string of the molecule is COc1ccc(C(N)Cc2ccc(F)c(F)c2)c(Cl)c1. The van der Waals surface area contributed by atoms with E-state index in [0.29, 0.717) is 22.8 Å². The van der Waals surface area contributed by atoms with Gasteiger partial charge in [0.05, 0.1) is 7.11 Å². The van der Waals surface area contributed by atoms with Gasteiger partial charge >= 0.3 is 0 Å². The molecule has 2 aromatic rings. The van der Waals surface area contributed by atoms with Crippen molar-refractivity contribution in [1.82, 2.24) is 0 Å². The van der Waals surface area contributed by atoms with E-state index in [4.69, 9.17) is 22.1 Å². The Bertz CT molecular complexity index is 619. The molecule has 0 aliphatic carbocycles. The summed E-state index contributed by atoms with van der Waals surface area (Å²) in [5.41, 5.74) is 7.41. The topological polar surface area (TPSA) is 35.2 Å². The quantitative estimate of drug-likeness (QED) is 0.930. The van der Waals surface area contributed by atoms with Gasteiger partial charge in [-0.05, 0) is 41.8 Å². The lowest BCUT2D eigenvalue weighted by molar-refractivity contribution is 0.414. The fraction of sp³-hybridized carbons (Fsp3) is 0.200. The van der Waals surface area contributed by atoms with Crippen molar-refractivity contribution in [2.24, 2.45) is 5.73 Å². The van der Waals surface area contributed by atoms with E-state index in [1.807, 2.05) is 0 Å². The monoisotopic (exact) mass is 297 g/mol. The zero-order valence-corrected chi connectivity index (χ0v) is 11.6. The van der Waals surface area contributed by atoms with Crippen LogP contribution in [0, 0.1) is 11.6 Å². The molecule has 5 heteroatoms. The molecule has 106 valence electrons. The van der Waals surface area contributed by atoms with Gasteiger partial charge in [0.25, 0.3) is 0 Å². The average Bonchev–Trinajstić information content (AvgIpc) is 2.42. The van der Waals surface area contributed by atoms with E-state index in [1.165, 1.54) is 6.07 Å². The third-order valence-electron chi connectivity index (χ3n) is 3.05. The van der Waals surface area contributed by atoms with Gasteiger partial charge in [-0.15, -0.1) is 0 Å². The Hall–Kier alpha value is -1.65. The Balaban J connectivity index is 2.19. The highest BCUT2D eigenvalue weighted by atomic mass is 35.5. The van der Waals surface area contributed by atoms with Crippen molar-refractivity contribution in [3.05, 3.63) is 64.2 Å². The molecule has 2 N–H and O–H groups in total. The molecular weight excluding hydrogens is 284 g/mol. The van der Waals surface area contributed by atoms with E-state index < -0.39 is 17.7 Å². The van der Waals surface area contributed by atoms with Gasteiger partial charge in [-0.1, -0.05) is 23.7 Å². The molecule has 2 nitrogen and oxygen atoms in total. The van der Waals surface area contributed by atoms with Crippen LogP contribution < -0.4 is 10.5 Å². The first kappa shape index (κ1) is 14.8. The van der Waals surface area contributed by atoms with E-state index in [0.717, 1.165) is 17.7 Å². The Kier molecular flexibility index (Phi) is 4.57. The maximum atomic E-state index is 13.2. The van der Waals surface area contributed by atoms with Crippen molar-refractivity contribution in [3.8, 4) is 5.75 Å². The van der Waals surface area contributed by atoms with Gasteiger partial charge in [0.2, 0.25) is 0 Å². The minimum absolute atomic E-state index is 0.364. The molecule has 0 bridgehead atoms. The van der Waals surface area contributed by atoms with Crippen molar-refractivity contribution in [1.29, 1.82) is 0 Å². The van der Waals surface area contributed by atoms with E-state index in [9.17, 15) is 8.78 Å². The standard InChI is InChI=1S/C15H14ClF2NO/c1-20-10-3-4-11(12(16)8-10)15(19)7-9-2-5-13(17)14(18)6-9/h2-6,8,15H,7,19H2,1H3. The van der Waals surface area contributed by atoms with Crippen molar-refractivity contribution in [3.63, 3.8) is 0 Å². The van der Waals surface area contributed by atoms with Gasteiger partial charge in [0, 0.05) is 11.1 Å². The van der Waals surface area contributed by atoms with Crippen molar-refractivity contribution in [2.75, 3.05) is 7.11 Å². The molecule has 20 heavy (non-hydrogen) atoms. The maximum Gasteiger partial charge on any atom is 0.159 e. The van der Waals surface area contributed by atoms with Crippen LogP contribution in [0.1, 0.15) is 17.2 Å². The van der Waals surface area contributed by atoms with Crippen LogP contribution >= 0.6 is 11.6 Å². The highest BCUT2D eigenvalue weighted by Crippen LogP contribution is 2.28. The molecule has 0 heterocycles. The maximum absolute atomic E-state index is 13.2. The first-order valence-electron chi connectivity index (χ1n) is 6.04. The van der Waals surface area contributed by atoms with Gasteiger partial charge in [-0.25, -0.2) is 8.78 Å². The highest BCUT2D eigenvalue weighted by molar-refractivity contribution is 6.31. The molecule has 0 spiro atoms. The molecule has 0 radical (unpaired) electrons. The molecule has 0 saturated heterocycles. The van der Waals surface area contributed by atoms with Crippen LogP contribution in [0.2, 0.25) is 5.02 Å². The number of rotatable bonds is 4. The fourth-order valence-electron chi connectivity index (χ4n) is 1.97. The largest absolute Gasteiger partial charge is 0.497 e. The molecule has 1 unspecified atom stereocenters. The molecule has 0 aliphatic heterocycles. The number of halogens is 3. The summed E-state index contributed by atoms with van der Waals surface area (Å²) in [6, 6.07) is 8.54. The summed E-state index contributed by atoms with van der Waals surface area (Å²) in [6.07, 6.45) is 0.364. The number of hydrogen-bond donors (Lipinski definition) is 1. The number of ether oxygens (including phenoxy) is 1. The Morgan fingerprint density at radius 3 is 2.50 bits per heavy atom. The van der Waals surface area contributed by atoms with Crippen LogP contribution in [0.3, 0.4) is 0 Å². The summed E-state index contributed by atoms with van der Waals surface area (Å²) in [5.74, 6) is -1.11. The van der Waals surface area contributed by atoms with E-state index in [2.05, 4.69) is 0 Å². The summed E-state index contributed by atoms with van der Waals surface area (Å²) >= 11 is 6.13. The van der Waals surface area contributed by atoms with Crippen LogP contribution in [0.5, 0.6) is 5.75 Å². The number of benzene rings is 2. The molecule has 0 aromatic heterocycles.